The van der Waals surface area contributed by atoms with Crippen molar-refractivity contribution in [2.75, 3.05) is 25.1 Å². The van der Waals surface area contributed by atoms with E-state index in [4.69, 9.17) is 21.1 Å². The molecule has 0 spiro atoms. The van der Waals surface area contributed by atoms with Crippen molar-refractivity contribution in [2.24, 2.45) is 0 Å². The van der Waals surface area contributed by atoms with Gasteiger partial charge >= 0.3 is 6.01 Å². The molecule has 1 aromatic heterocycles. The molecule has 1 saturated carbocycles. The molecule has 0 amide bonds. The van der Waals surface area contributed by atoms with Gasteiger partial charge in [0.25, 0.3) is 0 Å². The van der Waals surface area contributed by atoms with Gasteiger partial charge in [-0.05, 0) is 43.7 Å². The van der Waals surface area contributed by atoms with Crippen molar-refractivity contribution in [1.82, 2.24) is 15.0 Å². The fourth-order valence-electron chi connectivity index (χ4n) is 3.01. The van der Waals surface area contributed by atoms with Crippen LogP contribution in [0.25, 0.3) is 0 Å². The number of nitrogens with zero attached hydrogens (tertiary/aromatic N) is 4. The second kappa shape index (κ2) is 6.75. The van der Waals surface area contributed by atoms with Crippen molar-refractivity contribution in [3.8, 4) is 6.01 Å². The van der Waals surface area contributed by atoms with E-state index in [1.54, 1.807) is 7.11 Å². The zero-order valence-corrected chi connectivity index (χ0v) is 13.1. The Bertz CT molecular complexity index is 482. The Morgan fingerprint density at radius 2 is 1.81 bits per heavy atom. The highest BCUT2D eigenvalue weighted by molar-refractivity contribution is 6.28. The molecule has 0 aromatic carbocycles. The van der Waals surface area contributed by atoms with Crippen LogP contribution in [0.2, 0.25) is 5.28 Å². The first-order valence-corrected chi connectivity index (χ1v) is 7.98. The van der Waals surface area contributed by atoms with Crippen LogP contribution >= 0.6 is 11.6 Å². The van der Waals surface area contributed by atoms with Gasteiger partial charge in [0.15, 0.2) is 0 Å². The van der Waals surface area contributed by atoms with Crippen LogP contribution in [0.4, 0.5) is 5.95 Å². The maximum atomic E-state index is 6.01. The molecule has 2 atom stereocenters. The lowest BCUT2D eigenvalue weighted by Gasteiger charge is -2.28. The van der Waals surface area contributed by atoms with E-state index in [2.05, 4.69) is 19.9 Å². The Balaban J connectivity index is 1.69. The van der Waals surface area contributed by atoms with Crippen molar-refractivity contribution < 1.29 is 9.47 Å². The third kappa shape index (κ3) is 3.74. The van der Waals surface area contributed by atoms with Gasteiger partial charge < -0.3 is 14.4 Å². The molecule has 7 heteroatoms. The molecule has 0 bridgehead atoms. The Hall–Kier alpha value is -1.14. The fraction of sp³-hybridized carbons (Fsp3) is 0.786. The van der Waals surface area contributed by atoms with Crippen LogP contribution in [-0.2, 0) is 4.74 Å². The first-order chi connectivity index (χ1) is 10.2. The molecule has 2 heterocycles. The maximum absolute atomic E-state index is 6.01. The zero-order chi connectivity index (χ0) is 14.7. The molecule has 116 valence electrons. The van der Waals surface area contributed by atoms with Crippen LogP contribution in [0.3, 0.4) is 0 Å². The number of hydrogen-bond donors (Lipinski definition) is 0. The monoisotopic (exact) mass is 312 g/mol. The molecule has 1 aliphatic carbocycles. The number of hydrogen-bond acceptors (Lipinski definition) is 6. The average Bonchev–Trinajstić information content (AvgIpc) is 3.01. The number of halogens is 1. The van der Waals surface area contributed by atoms with Crippen molar-refractivity contribution in [3.63, 3.8) is 0 Å². The van der Waals surface area contributed by atoms with E-state index < -0.39 is 0 Å². The van der Waals surface area contributed by atoms with E-state index in [9.17, 15) is 0 Å². The summed E-state index contributed by atoms with van der Waals surface area (Å²) < 4.78 is 11.3. The lowest BCUT2D eigenvalue weighted by atomic mass is 9.95. The summed E-state index contributed by atoms with van der Waals surface area (Å²) in [6, 6.07) is 0.332. The molecule has 1 aliphatic heterocycles. The quantitative estimate of drug-likeness (QED) is 0.851. The van der Waals surface area contributed by atoms with Gasteiger partial charge in [-0.2, -0.15) is 15.0 Å². The minimum atomic E-state index is 0.0913. The van der Waals surface area contributed by atoms with Crippen molar-refractivity contribution in [1.29, 1.82) is 0 Å². The summed E-state index contributed by atoms with van der Waals surface area (Å²) in [5.41, 5.74) is 0. The molecular formula is C14H21ClN4O2. The van der Waals surface area contributed by atoms with Gasteiger partial charge in [-0.25, -0.2) is 0 Å². The SMILES string of the molecule is COC1CCCC(Oc2nc(Cl)nc(N3CCCC3)n2)C1. The normalized spacial score (nSPS) is 26.1. The van der Waals surface area contributed by atoms with Crippen LogP contribution in [0.15, 0.2) is 0 Å². The maximum Gasteiger partial charge on any atom is 0.322 e. The summed E-state index contributed by atoms with van der Waals surface area (Å²) in [4.78, 5) is 14.8. The Kier molecular flexibility index (Phi) is 4.75. The zero-order valence-electron chi connectivity index (χ0n) is 12.3. The average molecular weight is 313 g/mol. The predicted molar refractivity (Wildman–Crippen MR) is 80.0 cm³/mol. The highest BCUT2D eigenvalue weighted by atomic mass is 35.5. The van der Waals surface area contributed by atoms with Gasteiger partial charge in [0, 0.05) is 26.6 Å². The van der Waals surface area contributed by atoms with E-state index in [0.29, 0.717) is 12.0 Å². The van der Waals surface area contributed by atoms with Crippen LogP contribution in [-0.4, -0.2) is 47.4 Å². The Morgan fingerprint density at radius 3 is 2.57 bits per heavy atom. The number of methoxy groups -OCH3 is 1. The summed E-state index contributed by atoms with van der Waals surface area (Å²) in [6.45, 7) is 1.93. The van der Waals surface area contributed by atoms with E-state index >= 15 is 0 Å². The predicted octanol–water partition coefficient (Wildman–Crippen LogP) is 2.46. The molecule has 2 unspecified atom stereocenters. The van der Waals surface area contributed by atoms with Gasteiger partial charge in [0.05, 0.1) is 6.10 Å². The van der Waals surface area contributed by atoms with Crippen molar-refractivity contribution in [2.45, 2.75) is 50.7 Å². The minimum absolute atomic E-state index is 0.0913. The molecule has 0 radical (unpaired) electrons. The number of aromatic nitrogens is 3. The van der Waals surface area contributed by atoms with Crippen molar-refractivity contribution >= 4 is 17.5 Å². The van der Waals surface area contributed by atoms with Gasteiger partial charge in [0.2, 0.25) is 11.2 Å². The number of anilines is 1. The number of rotatable bonds is 4. The lowest BCUT2D eigenvalue weighted by molar-refractivity contribution is 0.0178. The molecular weight excluding hydrogens is 292 g/mol. The molecule has 1 saturated heterocycles. The van der Waals surface area contributed by atoms with E-state index in [0.717, 1.165) is 51.6 Å². The molecule has 2 aliphatic rings. The van der Waals surface area contributed by atoms with Crippen molar-refractivity contribution in [3.05, 3.63) is 5.28 Å². The molecule has 0 N–H and O–H groups in total. The lowest BCUT2D eigenvalue weighted by Crippen LogP contribution is -2.30. The number of ether oxygens (including phenoxy) is 2. The first kappa shape index (κ1) is 14.8. The van der Waals surface area contributed by atoms with Crippen LogP contribution in [0.1, 0.15) is 38.5 Å². The standard InChI is InChI=1S/C14H21ClN4O2/c1-20-10-5-4-6-11(9-10)21-14-17-12(15)16-13(18-14)19-7-2-3-8-19/h10-11H,2-9H2,1H3. The van der Waals surface area contributed by atoms with Gasteiger partial charge in [-0.1, -0.05) is 0 Å². The van der Waals surface area contributed by atoms with Crippen LogP contribution in [0, 0.1) is 0 Å². The molecule has 21 heavy (non-hydrogen) atoms. The van der Waals surface area contributed by atoms with Gasteiger partial charge in [-0.3, -0.25) is 0 Å². The largest absolute Gasteiger partial charge is 0.460 e. The van der Waals surface area contributed by atoms with Gasteiger partial charge in [0.1, 0.15) is 6.10 Å². The molecule has 3 rings (SSSR count). The van der Waals surface area contributed by atoms with Crippen LogP contribution < -0.4 is 9.64 Å². The summed E-state index contributed by atoms with van der Waals surface area (Å²) >= 11 is 6.01. The second-order valence-corrected chi connectivity index (χ2v) is 5.98. The summed E-state index contributed by atoms with van der Waals surface area (Å²) in [6.07, 6.45) is 6.75. The Morgan fingerprint density at radius 1 is 1.05 bits per heavy atom. The van der Waals surface area contributed by atoms with E-state index in [1.165, 1.54) is 0 Å². The fourth-order valence-corrected chi connectivity index (χ4v) is 3.15. The first-order valence-electron chi connectivity index (χ1n) is 7.60. The topological polar surface area (TPSA) is 60.4 Å². The summed E-state index contributed by atoms with van der Waals surface area (Å²) in [5.74, 6) is 0.626. The molecule has 6 nitrogen and oxygen atoms in total. The highest BCUT2D eigenvalue weighted by Crippen LogP contribution is 2.25. The smallest absolute Gasteiger partial charge is 0.322 e. The summed E-state index contributed by atoms with van der Waals surface area (Å²) in [5, 5.41) is 0.195. The molecule has 1 aromatic rings. The summed E-state index contributed by atoms with van der Waals surface area (Å²) in [7, 11) is 1.75. The van der Waals surface area contributed by atoms with Gasteiger partial charge in [-0.15, -0.1) is 0 Å². The van der Waals surface area contributed by atoms with Crippen LogP contribution in [0.5, 0.6) is 6.01 Å². The third-order valence-corrected chi connectivity index (χ3v) is 4.32. The van der Waals surface area contributed by atoms with E-state index in [1.807, 2.05) is 0 Å². The van der Waals surface area contributed by atoms with E-state index in [-0.39, 0.29) is 17.5 Å². The third-order valence-electron chi connectivity index (χ3n) is 4.15. The minimum Gasteiger partial charge on any atom is -0.460 e. The Labute approximate surface area is 129 Å². The highest BCUT2D eigenvalue weighted by Gasteiger charge is 2.25. The molecule has 2 fully saturated rings. The second-order valence-electron chi connectivity index (χ2n) is 5.65.